The third-order valence-electron chi connectivity index (χ3n) is 2.64. The number of hydrogen-bond donors (Lipinski definition) is 0. The van der Waals surface area contributed by atoms with E-state index in [4.69, 9.17) is 9.47 Å². The molecule has 0 aromatic heterocycles. The number of benzene rings is 1. The predicted octanol–water partition coefficient (Wildman–Crippen LogP) is 2.79. The SMILES string of the molecule is C=C[C@@H]1N=C(c2ccc(OC)cc2)O[C@H]1CBr. The fraction of sp³-hybridized carbons (Fsp3) is 0.308. The van der Waals surface area contributed by atoms with Gasteiger partial charge in [0, 0.05) is 10.9 Å². The fourth-order valence-electron chi connectivity index (χ4n) is 1.67. The standard InChI is InChI=1S/C13H14BrNO2/c1-3-11-12(8-14)17-13(15-11)9-4-6-10(16-2)7-5-9/h3-7,11-12H,1,8H2,2H3/t11-,12-/m0/s1. The monoisotopic (exact) mass is 295 g/mol. The van der Waals surface area contributed by atoms with E-state index in [-0.39, 0.29) is 12.1 Å². The summed E-state index contributed by atoms with van der Waals surface area (Å²) in [6.45, 7) is 3.77. The van der Waals surface area contributed by atoms with E-state index in [0.717, 1.165) is 16.6 Å². The Hall–Kier alpha value is -1.29. The second-order valence-electron chi connectivity index (χ2n) is 3.70. The summed E-state index contributed by atoms with van der Waals surface area (Å²) in [5, 5.41) is 0.743. The van der Waals surface area contributed by atoms with Crippen molar-refractivity contribution < 1.29 is 9.47 Å². The molecule has 0 spiro atoms. The summed E-state index contributed by atoms with van der Waals surface area (Å²) in [7, 11) is 1.65. The molecule has 3 nitrogen and oxygen atoms in total. The van der Waals surface area contributed by atoms with Crippen LogP contribution in [0.15, 0.2) is 41.9 Å². The minimum atomic E-state index is 0.0199. The molecule has 17 heavy (non-hydrogen) atoms. The van der Waals surface area contributed by atoms with Crippen molar-refractivity contribution >= 4 is 21.8 Å². The Labute approximate surface area is 109 Å². The first-order chi connectivity index (χ1) is 8.28. The summed E-state index contributed by atoms with van der Waals surface area (Å²) in [5.41, 5.74) is 0.959. The highest BCUT2D eigenvalue weighted by Gasteiger charge is 2.28. The second kappa shape index (κ2) is 5.36. The van der Waals surface area contributed by atoms with E-state index >= 15 is 0 Å². The highest BCUT2D eigenvalue weighted by molar-refractivity contribution is 9.09. The molecule has 0 fully saturated rings. The van der Waals surface area contributed by atoms with Gasteiger partial charge in [-0.1, -0.05) is 22.0 Å². The van der Waals surface area contributed by atoms with Gasteiger partial charge in [-0.15, -0.1) is 6.58 Å². The third kappa shape index (κ3) is 2.52. The molecule has 2 rings (SSSR count). The molecule has 1 aliphatic heterocycles. The van der Waals surface area contributed by atoms with E-state index in [9.17, 15) is 0 Å². The molecule has 0 aliphatic carbocycles. The zero-order valence-corrected chi connectivity index (χ0v) is 11.2. The van der Waals surface area contributed by atoms with Gasteiger partial charge in [-0.3, -0.25) is 0 Å². The van der Waals surface area contributed by atoms with Crippen LogP contribution in [-0.4, -0.2) is 30.5 Å². The van der Waals surface area contributed by atoms with Gasteiger partial charge in [-0.05, 0) is 24.3 Å². The summed E-state index contributed by atoms with van der Waals surface area (Å²) < 4.78 is 10.9. The topological polar surface area (TPSA) is 30.8 Å². The van der Waals surface area contributed by atoms with Gasteiger partial charge in [-0.25, -0.2) is 4.99 Å². The first kappa shape index (κ1) is 12.2. The van der Waals surface area contributed by atoms with Crippen molar-refractivity contribution in [3.63, 3.8) is 0 Å². The smallest absolute Gasteiger partial charge is 0.217 e. The summed E-state index contributed by atoms with van der Waals surface area (Å²) >= 11 is 3.41. The van der Waals surface area contributed by atoms with Crippen LogP contribution < -0.4 is 4.74 Å². The molecular weight excluding hydrogens is 282 g/mol. The van der Waals surface area contributed by atoms with Crippen LogP contribution in [-0.2, 0) is 4.74 Å². The lowest BCUT2D eigenvalue weighted by Gasteiger charge is -2.11. The second-order valence-corrected chi connectivity index (χ2v) is 4.35. The lowest BCUT2D eigenvalue weighted by molar-refractivity contribution is 0.233. The molecule has 1 aromatic rings. The lowest BCUT2D eigenvalue weighted by Crippen LogP contribution is -2.22. The quantitative estimate of drug-likeness (QED) is 0.632. The van der Waals surface area contributed by atoms with E-state index in [1.165, 1.54) is 0 Å². The van der Waals surface area contributed by atoms with E-state index < -0.39 is 0 Å². The molecule has 0 saturated heterocycles. The van der Waals surface area contributed by atoms with E-state index in [1.807, 2.05) is 30.3 Å². The number of rotatable bonds is 4. The molecule has 0 saturated carbocycles. The highest BCUT2D eigenvalue weighted by Crippen LogP contribution is 2.21. The van der Waals surface area contributed by atoms with Gasteiger partial charge in [0.25, 0.3) is 0 Å². The van der Waals surface area contributed by atoms with E-state index in [0.29, 0.717) is 5.90 Å². The van der Waals surface area contributed by atoms with Gasteiger partial charge in [0.15, 0.2) is 0 Å². The van der Waals surface area contributed by atoms with Crippen LogP contribution >= 0.6 is 15.9 Å². The van der Waals surface area contributed by atoms with Crippen molar-refractivity contribution in [2.45, 2.75) is 12.1 Å². The number of hydrogen-bond acceptors (Lipinski definition) is 3. The normalized spacial score (nSPS) is 22.8. The zero-order valence-electron chi connectivity index (χ0n) is 9.60. The van der Waals surface area contributed by atoms with Gasteiger partial charge in [0.05, 0.1) is 7.11 Å². The van der Waals surface area contributed by atoms with Crippen LogP contribution in [0.4, 0.5) is 0 Å². The van der Waals surface area contributed by atoms with Crippen molar-refractivity contribution in [3.8, 4) is 5.75 Å². The maximum absolute atomic E-state index is 5.76. The number of halogens is 1. The zero-order chi connectivity index (χ0) is 12.3. The minimum Gasteiger partial charge on any atom is -0.497 e. The van der Waals surface area contributed by atoms with Crippen LogP contribution in [0.25, 0.3) is 0 Å². The minimum absolute atomic E-state index is 0.0199. The fourth-order valence-corrected chi connectivity index (χ4v) is 2.18. The van der Waals surface area contributed by atoms with Gasteiger partial charge in [0.1, 0.15) is 17.9 Å². The lowest BCUT2D eigenvalue weighted by atomic mass is 10.2. The molecule has 1 aromatic carbocycles. The van der Waals surface area contributed by atoms with Crippen LogP contribution in [0.5, 0.6) is 5.75 Å². The molecule has 0 bridgehead atoms. The Bertz CT molecular complexity index is 428. The molecule has 1 heterocycles. The molecular formula is C13H14BrNO2. The summed E-state index contributed by atoms with van der Waals surface area (Å²) in [6.07, 6.45) is 1.84. The van der Waals surface area contributed by atoms with Gasteiger partial charge < -0.3 is 9.47 Å². The van der Waals surface area contributed by atoms with Crippen molar-refractivity contribution in [1.82, 2.24) is 0 Å². The number of methoxy groups -OCH3 is 1. The third-order valence-corrected chi connectivity index (χ3v) is 3.28. The van der Waals surface area contributed by atoms with E-state index in [2.05, 4.69) is 27.5 Å². The molecule has 2 atom stereocenters. The molecule has 0 amide bonds. The molecule has 0 unspecified atom stereocenters. The van der Waals surface area contributed by atoms with Gasteiger partial charge in [-0.2, -0.15) is 0 Å². The number of ether oxygens (including phenoxy) is 2. The Balaban J connectivity index is 2.20. The van der Waals surface area contributed by atoms with Crippen molar-refractivity contribution in [3.05, 3.63) is 42.5 Å². The van der Waals surface area contributed by atoms with Crippen LogP contribution in [0, 0.1) is 0 Å². The first-order valence-corrected chi connectivity index (χ1v) is 6.48. The van der Waals surface area contributed by atoms with E-state index in [1.54, 1.807) is 7.11 Å². The number of alkyl halides is 1. The first-order valence-electron chi connectivity index (χ1n) is 5.36. The maximum Gasteiger partial charge on any atom is 0.217 e. The van der Waals surface area contributed by atoms with Crippen LogP contribution in [0.1, 0.15) is 5.56 Å². The summed E-state index contributed by atoms with van der Waals surface area (Å²) in [6, 6.07) is 7.69. The average Bonchev–Trinajstić information content (AvgIpc) is 2.82. The number of aliphatic imine (C=N–C) groups is 1. The number of nitrogens with zero attached hydrogens (tertiary/aromatic N) is 1. The Kier molecular flexibility index (Phi) is 3.84. The molecule has 0 radical (unpaired) electrons. The predicted molar refractivity (Wildman–Crippen MR) is 72.2 cm³/mol. The highest BCUT2D eigenvalue weighted by atomic mass is 79.9. The molecule has 90 valence electrons. The Morgan fingerprint density at radius 2 is 2.18 bits per heavy atom. The largest absolute Gasteiger partial charge is 0.497 e. The van der Waals surface area contributed by atoms with Crippen LogP contribution in [0.2, 0.25) is 0 Å². The van der Waals surface area contributed by atoms with Crippen molar-refractivity contribution in [1.29, 1.82) is 0 Å². The summed E-state index contributed by atoms with van der Waals surface area (Å²) in [4.78, 5) is 4.49. The van der Waals surface area contributed by atoms with Crippen molar-refractivity contribution in [2.75, 3.05) is 12.4 Å². The van der Waals surface area contributed by atoms with Gasteiger partial charge >= 0.3 is 0 Å². The molecule has 4 heteroatoms. The Morgan fingerprint density at radius 3 is 2.65 bits per heavy atom. The maximum atomic E-state index is 5.76. The van der Waals surface area contributed by atoms with Crippen LogP contribution in [0.3, 0.4) is 0 Å². The average molecular weight is 296 g/mol. The Morgan fingerprint density at radius 1 is 1.47 bits per heavy atom. The van der Waals surface area contributed by atoms with Gasteiger partial charge in [0.2, 0.25) is 5.90 Å². The molecule has 1 aliphatic rings. The van der Waals surface area contributed by atoms with Crippen molar-refractivity contribution in [2.24, 2.45) is 4.99 Å². The summed E-state index contributed by atoms with van der Waals surface area (Å²) in [5.74, 6) is 1.49. The molecule has 0 N–H and O–H groups in total.